The van der Waals surface area contributed by atoms with Crippen molar-refractivity contribution in [2.75, 3.05) is 6.54 Å². The van der Waals surface area contributed by atoms with Gasteiger partial charge in [-0.05, 0) is 42.7 Å². The van der Waals surface area contributed by atoms with Gasteiger partial charge < -0.3 is 5.32 Å². The molecule has 1 amide bonds. The molecule has 0 saturated heterocycles. The van der Waals surface area contributed by atoms with E-state index in [2.05, 4.69) is 29.2 Å². The summed E-state index contributed by atoms with van der Waals surface area (Å²) >= 11 is 0. The summed E-state index contributed by atoms with van der Waals surface area (Å²) in [5, 5.41) is 7.37. The summed E-state index contributed by atoms with van der Waals surface area (Å²) in [5.74, 6) is 0.410. The fourth-order valence-electron chi connectivity index (χ4n) is 3.23. The van der Waals surface area contributed by atoms with Crippen molar-refractivity contribution in [2.45, 2.75) is 20.3 Å². The van der Waals surface area contributed by atoms with E-state index in [1.807, 2.05) is 36.4 Å². The van der Waals surface area contributed by atoms with Gasteiger partial charge in [0.15, 0.2) is 0 Å². The van der Waals surface area contributed by atoms with Crippen molar-refractivity contribution in [3.8, 4) is 5.69 Å². The summed E-state index contributed by atoms with van der Waals surface area (Å²) in [6, 6.07) is 14.7. The number of nitrogens with one attached hydrogen (secondary N) is 2. The molecule has 6 nitrogen and oxygen atoms in total. The predicted molar refractivity (Wildman–Crippen MR) is 111 cm³/mol. The Hall–Kier alpha value is -3.41. The molecule has 4 rings (SSSR count). The Labute approximate surface area is 162 Å². The van der Waals surface area contributed by atoms with Gasteiger partial charge in [0.1, 0.15) is 0 Å². The van der Waals surface area contributed by atoms with Gasteiger partial charge in [-0.15, -0.1) is 0 Å². The van der Waals surface area contributed by atoms with Gasteiger partial charge in [-0.25, -0.2) is 4.68 Å². The molecule has 0 aliphatic heterocycles. The Balaban J connectivity index is 1.78. The van der Waals surface area contributed by atoms with E-state index >= 15 is 0 Å². The van der Waals surface area contributed by atoms with Crippen molar-refractivity contribution >= 4 is 27.7 Å². The molecule has 6 heteroatoms. The zero-order valence-electron chi connectivity index (χ0n) is 15.9. The van der Waals surface area contributed by atoms with E-state index in [9.17, 15) is 9.59 Å². The molecule has 0 spiro atoms. The van der Waals surface area contributed by atoms with Crippen LogP contribution in [0.15, 0.2) is 59.5 Å². The summed E-state index contributed by atoms with van der Waals surface area (Å²) in [6.07, 6.45) is 2.51. The number of carbonyl (C=O) groups excluding carboxylic acids is 1. The van der Waals surface area contributed by atoms with Crippen LogP contribution in [0.1, 0.15) is 30.6 Å². The molecule has 0 saturated carbocycles. The second-order valence-electron chi connectivity index (χ2n) is 7.31. The van der Waals surface area contributed by atoms with Crippen molar-refractivity contribution in [1.29, 1.82) is 0 Å². The molecule has 0 fully saturated rings. The minimum atomic E-state index is -0.164. The molecule has 0 unspecified atom stereocenters. The lowest BCUT2D eigenvalue weighted by Crippen LogP contribution is -2.25. The number of rotatable bonds is 5. The smallest absolute Gasteiger partial charge is 0.280 e. The van der Waals surface area contributed by atoms with Crippen LogP contribution < -0.4 is 10.9 Å². The molecular weight excluding hydrogens is 352 g/mol. The first-order valence-electron chi connectivity index (χ1n) is 9.41. The standard InChI is InChI=1S/C22H22N4O2/c1-14(2)10-11-23-21(27)15-8-9-19-17(12-15)20-18(13-24-19)22(28)26(25-20)16-6-4-3-5-7-16/h3-9,12-14,25H,10-11H2,1-2H3,(H,23,27). The molecule has 2 aromatic carbocycles. The second kappa shape index (κ2) is 7.31. The van der Waals surface area contributed by atoms with E-state index in [4.69, 9.17) is 0 Å². The van der Waals surface area contributed by atoms with Gasteiger partial charge in [0.05, 0.1) is 22.1 Å². The Kier molecular flexibility index (Phi) is 4.69. The van der Waals surface area contributed by atoms with E-state index in [1.54, 1.807) is 18.3 Å². The Morgan fingerprint density at radius 2 is 1.93 bits per heavy atom. The van der Waals surface area contributed by atoms with E-state index in [1.165, 1.54) is 4.68 Å². The summed E-state index contributed by atoms with van der Waals surface area (Å²) in [4.78, 5) is 29.7. The highest BCUT2D eigenvalue weighted by Gasteiger charge is 2.14. The fourth-order valence-corrected chi connectivity index (χ4v) is 3.23. The van der Waals surface area contributed by atoms with Crippen LogP contribution in [0, 0.1) is 5.92 Å². The zero-order chi connectivity index (χ0) is 19.7. The van der Waals surface area contributed by atoms with Crippen molar-refractivity contribution < 1.29 is 4.79 Å². The summed E-state index contributed by atoms with van der Waals surface area (Å²) < 4.78 is 1.50. The average molecular weight is 374 g/mol. The third-order valence-corrected chi connectivity index (χ3v) is 4.81. The lowest BCUT2D eigenvalue weighted by atomic mass is 10.1. The number of benzene rings is 2. The van der Waals surface area contributed by atoms with Gasteiger partial charge in [0, 0.05) is 23.7 Å². The number of H-pyrrole nitrogens is 1. The van der Waals surface area contributed by atoms with Crippen molar-refractivity contribution in [2.24, 2.45) is 5.92 Å². The zero-order valence-corrected chi connectivity index (χ0v) is 15.9. The van der Waals surface area contributed by atoms with Crippen molar-refractivity contribution in [3.05, 3.63) is 70.6 Å². The molecule has 0 aliphatic carbocycles. The number of pyridine rings is 1. The molecule has 28 heavy (non-hydrogen) atoms. The Bertz CT molecular complexity index is 1210. The topological polar surface area (TPSA) is 79.8 Å². The van der Waals surface area contributed by atoms with Crippen LogP contribution in [-0.4, -0.2) is 27.2 Å². The molecule has 4 aromatic rings. The first-order chi connectivity index (χ1) is 13.5. The molecule has 0 radical (unpaired) electrons. The fraction of sp³-hybridized carbons (Fsp3) is 0.227. The van der Waals surface area contributed by atoms with Gasteiger partial charge in [-0.1, -0.05) is 32.0 Å². The van der Waals surface area contributed by atoms with Crippen LogP contribution in [0.2, 0.25) is 0 Å². The summed E-state index contributed by atoms with van der Waals surface area (Å²) in [7, 11) is 0. The summed E-state index contributed by atoms with van der Waals surface area (Å²) in [6.45, 7) is 4.88. The van der Waals surface area contributed by atoms with Crippen LogP contribution in [-0.2, 0) is 0 Å². The SMILES string of the molecule is CC(C)CCNC(=O)c1ccc2ncc3c(=O)n(-c4ccccc4)[nH]c3c2c1. The van der Waals surface area contributed by atoms with Gasteiger partial charge in [-0.3, -0.25) is 19.7 Å². The second-order valence-corrected chi connectivity index (χ2v) is 7.31. The van der Waals surface area contributed by atoms with Gasteiger partial charge in [-0.2, -0.15) is 0 Å². The maximum absolute atomic E-state index is 12.8. The molecule has 2 N–H and O–H groups in total. The number of aromatic nitrogens is 3. The number of nitrogens with zero attached hydrogens (tertiary/aromatic N) is 2. The third-order valence-electron chi connectivity index (χ3n) is 4.81. The van der Waals surface area contributed by atoms with Gasteiger partial charge in [0.25, 0.3) is 11.5 Å². The molecule has 2 heterocycles. The minimum absolute atomic E-state index is 0.121. The largest absolute Gasteiger partial charge is 0.352 e. The van der Waals surface area contributed by atoms with Gasteiger partial charge in [0.2, 0.25) is 0 Å². The number of carbonyl (C=O) groups is 1. The van der Waals surface area contributed by atoms with E-state index in [0.29, 0.717) is 28.9 Å². The van der Waals surface area contributed by atoms with Gasteiger partial charge >= 0.3 is 0 Å². The number of amides is 1. The normalized spacial score (nSPS) is 11.4. The number of aromatic amines is 1. The van der Waals surface area contributed by atoms with E-state index in [0.717, 1.165) is 23.0 Å². The van der Waals surface area contributed by atoms with Crippen molar-refractivity contribution in [1.82, 2.24) is 20.1 Å². The highest BCUT2D eigenvalue weighted by molar-refractivity contribution is 6.06. The molecule has 0 atom stereocenters. The molecule has 142 valence electrons. The molecular formula is C22H22N4O2. The minimum Gasteiger partial charge on any atom is -0.352 e. The van der Waals surface area contributed by atoms with Crippen LogP contribution in [0.3, 0.4) is 0 Å². The quantitative estimate of drug-likeness (QED) is 0.560. The highest BCUT2D eigenvalue weighted by atomic mass is 16.1. The van der Waals surface area contributed by atoms with E-state index in [-0.39, 0.29) is 11.5 Å². The van der Waals surface area contributed by atoms with Crippen LogP contribution in [0.25, 0.3) is 27.5 Å². The van der Waals surface area contributed by atoms with Crippen LogP contribution in [0.5, 0.6) is 0 Å². The third kappa shape index (κ3) is 3.29. The van der Waals surface area contributed by atoms with Crippen molar-refractivity contribution in [3.63, 3.8) is 0 Å². The Morgan fingerprint density at radius 3 is 2.68 bits per heavy atom. The number of fused-ring (bicyclic) bond motifs is 3. The highest BCUT2D eigenvalue weighted by Crippen LogP contribution is 2.22. The lowest BCUT2D eigenvalue weighted by Gasteiger charge is -2.08. The molecule has 0 aliphatic rings. The Morgan fingerprint density at radius 1 is 1.14 bits per heavy atom. The first kappa shape index (κ1) is 18.0. The number of para-hydroxylation sites is 1. The van der Waals surface area contributed by atoms with Crippen LogP contribution >= 0.6 is 0 Å². The first-order valence-corrected chi connectivity index (χ1v) is 9.41. The monoisotopic (exact) mass is 374 g/mol. The molecule has 2 aromatic heterocycles. The maximum atomic E-state index is 12.8. The molecule has 0 bridgehead atoms. The number of hydrogen-bond donors (Lipinski definition) is 2. The summed E-state index contributed by atoms with van der Waals surface area (Å²) in [5.41, 5.74) is 2.55. The lowest BCUT2D eigenvalue weighted by molar-refractivity contribution is 0.0952. The van der Waals surface area contributed by atoms with E-state index < -0.39 is 0 Å². The van der Waals surface area contributed by atoms with Crippen LogP contribution in [0.4, 0.5) is 0 Å². The number of hydrogen-bond acceptors (Lipinski definition) is 3. The maximum Gasteiger partial charge on any atom is 0.280 e. The predicted octanol–water partition coefficient (Wildman–Crippen LogP) is 3.64. The average Bonchev–Trinajstić information content (AvgIpc) is 3.05.